The van der Waals surface area contributed by atoms with Crippen molar-refractivity contribution in [3.05, 3.63) is 126 Å². The van der Waals surface area contributed by atoms with Gasteiger partial charge in [0.05, 0.1) is 25.7 Å². The average Bonchev–Trinajstić information content (AvgIpc) is 3.48. The Kier molecular flexibility index (Phi) is 10.9. The first-order valence-electron chi connectivity index (χ1n) is 19.8. The van der Waals surface area contributed by atoms with Crippen molar-refractivity contribution in [1.29, 1.82) is 0 Å². The highest BCUT2D eigenvalue weighted by molar-refractivity contribution is 6.99. The molecule has 1 fully saturated rings. The number of nitrogens with zero attached hydrogens (tertiary/aromatic N) is 3. The van der Waals surface area contributed by atoms with Crippen molar-refractivity contribution < 1.29 is 31.9 Å². The van der Waals surface area contributed by atoms with Crippen molar-refractivity contribution in [2.45, 2.75) is 96.4 Å². The normalized spacial score (nSPS) is 19.2. The lowest BCUT2D eigenvalue weighted by Crippen LogP contribution is -2.67. The molecule has 0 saturated carbocycles. The molecule has 0 radical (unpaired) electrons. The van der Waals surface area contributed by atoms with Crippen molar-refractivity contribution in [2.24, 2.45) is 0 Å². The lowest BCUT2D eigenvalue weighted by atomic mass is 9.94. The van der Waals surface area contributed by atoms with Crippen molar-refractivity contribution in [3.8, 4) is 5.75 Å². The summed E-state index contributed by atoms with van der Waals surface area (Å²) in [7, 11) is -3.09. The number of rotatable bonds is 10. The highest BCUT2D eigenvalue weighted by Gasteiger charge is 2.52. The molecule has 302 valence electrons. The summed E-state index contributed by atoms with van der Waals surface area (Å²) >= 11 is 0. The van der Waals surface area contributed by atoms with Crippen LogP contribution in [0.2, 0.25) is 5.04 Å². The first-order chi connectivity index (χ1) is 26.9. The summed E-state index contributed by atoms with van der Waals surface area (Å²) in [6.45, 7) is 15.9. The van der Waals surface area contributed by atoms with Gasteiger partial charge in [0.2, 0.25) is 0 Å². The second kappa shape index (κ2) is 15.3. The topological polar surface area (TPSA) is 56.2 Å². The minimum atomic E-state index is -3.09. The fraction of sp³-hybridized carbons (Fsp3) is 0.413. The highest BCUT2D eigenvalue weighted by atomic mass is 28.4. The molecule has 4 aromatic carbocycles. The van der Waals surface area contributed by atoms with E-state index in [0.717, 1.165) is 21.3 Å². The van der Waals surface area contributed by atoms with Crippen LogP contribution in [-0.2, 0) is 15.7 Å². The molecule has 3 heterocycles. The van der Waals surface area contributed by atoms with E-state index in [9.17, 15) is 4.79 Å². The lowest BCUT2D eigenvalue weighted by Gasteiger charge is -2.46. The zero-order valence-electron chi connectivity index (χ0n) is 34.2. The fourth-order valence-corrected chi connectivity index (χ4v) is 13.2. The number of ether oxygens (including phenoxy) is 2. The fourth-order valence-electron chi connectivity index (χ4n) is 8.53. The number of likely N-dealkylation sites (tertiary alicyclic amines) is 1. The number of benzene rings is 4. The van der Waals surface area contributed by atoms with Gasteiger partial charge in [0.15, 0.2) is 0 Å². The van der Waals surface area contributed by atoms with Gasteiger partial charge in [-0.15, -0.1) is 0 Å². The van der Waals surface area contributed by atoms with Crippen LogP contribution in [0.4, 0.5) is 18.0 Å². The zero-order chi connectivity index (χ0) is 40.9. The third-order valence-corrected chi connectivity index (χ3v) is 16.1. The third kappa shape index (κ3) is 8.11. The number of aromatic nitrogens is 1. The minimum absolute atomic E-state index is 0.0209. The molecule has 5 aromatic rings. The molecule has 1 saturated heterocycles. The molecular formula is C46H54F3N3O4Si. The SMILES string of the molecule is C[C@@H]1Cn2c(cc3ccccc32)[C@@H](c2c(F)cc(OC3CN(C(=O)OC(C)(C)C)C3)cc2F)N1CC(C)(F)CO[Si](c1ccccc1)(c1ccccc1)C(C)(C)C. The van der Waals surface area contributed by atoms with Gasteiger partial charge >= 0.3 is 6.09 Å². The quantitative estimate of drug-likeness (QED) is 0.132. The van der Waals surface area contributed by atoms with Crippen molar-refractivity contribution >= 4 is 35.7 Å². The van der Waals surface area contributed by atoms with Crippen molar-refractivity contribution in [2.75, 3.05) is 26.2 Å². The van der Waals surface area contributed by atoms with Crippen molar-refractivity contribution in [3.63, 3.8) is 0 Å². The predicted molar refractivity (Wildman–Crippen MR) is 222 cm³/mol. The molecule has 0 aliphatic carbocycles. The van der Waals surface area contributed by atoms with Gasteiger partial charge in [-0.3, -0.25) is 4.90 Å². The molecule has 1 unspecified atom stereocenters. The molecule has 0 spiro atoms. The number of carbonyl (C=O) groups is 1. The molecule has 0 N–H and O–H groups in total. The Morgan fingerprint density at radius 3 is 1.91 bits per heavy atom. The Balaban J connectivity index is 1.20. The van der Waals surface area contributed by atoms with Gasteiger partial charge in [-0.2, -0.15) is 0 Å². The van der Waals surface area contributed by atoms with E-state index >= 15 is 13.2 Å². The Labute approximate surface area is 335 Å². The number of hydrogen-bond acceptors (Lipinski definition) is 5. The minimum Gasteiger partial charge on any atom is -0.487 e. The number of halogens is 3. The summed E-state index contributed by atoms with van der Waals surface area (Å²) in [6.07, 6.45) is -0.910. The van der Waals surface area contributed by atoms with Gasteiger partial charge in [-0.1, -0.05) is 99.6 Å². The standard InChI is InChI=1S/C46H54F3N3O4Si/c1-31-26-51-39-22-16-15-17-32(39)23-40(51)42(41-37(47)24-33(25-38(41)48)55-34-27-50(28-34)43(53)56-44(2,3)4)52(31)29-46(8,49)30-54-57(45(5,6)7,35-18-11-9-12-19-35)36-20-13-10-14-21-36/h9-25,31,34,42H,26-30H2,1-8H3/t31-,42+,46?/m1/s1. The summed E-state index contributed by atoms with van der Waals surface area (Å²) in [6, 6.07) is 31.1. The zero-order valence-corrected chi connectivity index (χ0v) is 35.2. The van der Waals surface area contributed by atoms with Crippen LogP contribution < -0.4 is 15.1 Å². The largest absolute Gasteiger partial charge is 0.487 e. The smallest absolute Gasteiger partial charge is 0.410 e. The van der Waals surface area contributed by atoms with Gasteiger partial charge in [-0.25, -0.2) is 18.0 Å². The maximum atomic E-state index is 17.5. The number of fused-ring (bicyclic) bond motifs is 3. The first-order valence-corrected chi connectivity index (χ1v) is 21.7. The predicted octanol–water partition coefficient (Wildman–Crippen LogP) is 9.02. The van der Waals surface area contributed by atoms with Gasteiger partial charge in [0.1, 0.15) is 34.8 Å². The first kappa shape index (κ1) is 40.6. The van der Waals surface area contributed by atoms with Crippen LogP contribution >= 0.6 is 0 Å². The van der Waals surface area contributed by atoms with Crippen LogP contribution in [-0.4, -0.2) is 78.4 Å². The van der Waals surface area contributed by atoms with Gasteiger partial charge in [-0.05, 0) is 67.5 Å². The Morgan fingerprint density at radius 1 is 0.789 bits per heavy atom. The van der Waals surface area contributed by atoms with E-state index in [2.05, 4.69) is 49.6 Å². The summed E-state index contributed by atoms with van der Waals surface area (Å²) in [5.41, 5.74) is -1.12. The summed E-state index contributed by atoms with van der Waals surface area (Å²) in [4.78, 5) is 15.8. The molecule has 1 aromatic heterocycles. The number of hydrogen-bond donors (Lipinski definition) is 0. The van der Waals surface area contributed by atoms with E-state index in [1.54, 1.807) is 20.8 Å². The van der Waals surface area contributed by atoms with Crippen LogP contribution in [0.1, 0.15) is 72.7 Å². The number of alkyl halides is 1. The lowest BCUT2D eigenvalue weighted by molar-refractivity contribution is -0.0223. The van der Waals surface area contributed by atoms with Crippen LogP contribution in [0, 0.1) is 11.6 Å². The van der Waals surface area contributed by atoms with Crippen molar-refractivity contribution in [1.82, 2.24) is 14.4 Å². The molecule has 7 nitrogen and oxygen atoms in total. The van der Waals surface area contributed by atoms with E-state index in [1.165, 1.54) is 24.0 Å². The Hall–Kier alpha value is -4.58. The molecule has 3 atom stereocenters. The van der Waals surface area contributed by atoms with Crippen LogP contribution in [0.15, 0.2) is 103 Å². The second-order valence-electron chi connectivity index (χ2n) is 18.0. The van der Waals surface area contributed by atoms with E-state index in [1.807, 2.05) is 78.6 Å². The summed E-state index contributed by atoms with van der Waals surface area (Å²) < 4.78 is 71.2. The van der Waals surface area contributed by atoms with E-state index < -0.39 is 49.5 Å². The highest BCUT2D eigenvalue weighted by Crippen LogP contribution is 2.43. The number of amides is 1. The average molecular weight is 798 g/mol. The summed E-state index contributed by atoms with van der Waals surface area (Å²) in [5, 5.41) is 2.65. The Bertz CT molecular complexity index is 2150. The van der Waals surface area contributed by atoms with E-state index in [4.69, 9.17) is 13.9 Å². The molecular weight excluding hydrogens is 744 g/mol. The van der Waals surface area contributed by atoms with Gasteiger partial charge in [0, 0.05) is 48.0 Å². The molecule has 0 bridgehead atoms. The Morgan fingerprint density at radius 2 is 1.35 bits per heavy atom. The molecule has 57 heavy (non-hydrogen) atoms. The monoisotopic (exact) mass is 797 g/mol. The van der Waals surface area contributed by atoms with E-state index in [-0.39, 0.29) is 48.6 Å². The third-order valence-electron chi connectivity index (χ3n) is 11.1. The molecule has 1 amide bonds. The van der Waals surface area contributed by atoms with Crippen LogP contribution in [0.5, 0.6) is 5.75 Å². The molecule has 7 rings (SSSR count). The number of carbonyl (C=O) groups excluding carboxylic acids is 1. The maximum absolute atomic E-state index is 17.5. The van der Waals surface area contributed by atoms with Crippen LogP contribution in [0.25, 0.3) is 10.9 Å². The van der Waals surface area contributed by atoms with Gasteiger partial charge in [0.25, 0.3) is 8.32 Å². The second-order valence-corrected chi connectivity index (χ2v) is 22.3. The van der Waals surface area contributed by atoms with Crippen LogP contribution in [0.3, 0.4) is 0 Å². The maximum Gasteiger partial charge on any atom is 0.410 e. The molecule has 2 aliphatic heterocycles. The molecule has 11 heteroatoms. The summed E-state index contributed by atoms with van der Waals surface area (Å²) in [5.74, 6) is -1.57. The molecule has 2 aliphatic rings. The number of para-hydroxylation sites is 1. The van der Waals surface area contributed by atoms with E-state index in [0.29, 0.717) is 12.2 Å². The van der Waals surface area contributed by atoms with Gasteiger partial charge < -0.3 is 23.4 Å².